The van der Waals surface area contributed by atoms with Gasteiger partial charge in [0.05, 0.1) is 23.0 Å². The minimum Gasteiger partial charge on any atom is -0.494 e. The van der Waals surface area contributed by atoms with E-state index in [2.05, 4.69) is 57.2 Å². The highest BCUT2D eigenvalue weighted by Gasteiger charge is 2.34. The number of rotatable bonds is 9. The average Bonchev–Trinajstić information content (AvgIpc) is 3.55. The molecule has 0 bridgehead atoms. The third-order valence-electron chi connectivity index (χ3n) is 7.85. The molecule has 0 spiro atoms. The lowest BCUT2D eigenvalue weighted by Gasteiger charge is -2.18. The molecule has 0 unspecified atom stereocenters. The van der Waals surface area contributed by atoms with Gasteiger partial charge < -0.3 is 9.30 Å². The van der Waals surface area contributed by atoms with Crippen LogP contribution in [0.1, 0.15) is 38.6 Å². The summed E-state index contributed by atoms with van der Waals surface area (Å²) in [6.07, 6.45) is 3.40. The van der Waals surface area contributed by atoms with Crippen molar-refractivity contribution in [3.63, 3.8) is 0 Å². The monoisotopic (exact) mass is 688 g/mol. The molecule has 0 radical (unpaired) electrons. The summed E-state index contributed by atoms with van der Waals surface area (Å²) in [7, 11) is -3.91. The summed E-state index contributed by atoms with van der Waals surface area (Å²) < 4.78 is 35.6. The first-order valence-electron chi connectivity index (χ1n) is 15.1. The zero-order valence-electron chi connectivity index (χ0n) is 26.2. The Bertz CT molecular complexity index is 2020. The van der Waals surface area contributed by atoms with Crippen LogP contribution in [0.15, 0.2) is 97.2 Å². The van der Waals surface area contributed by atoms with Crippen molar-refractivity contribution in [2.75, 3.05) is 17.5 Å². The third kappa shape index (κ3) is 7.64. The van der Waals surface area contributed by atoms with E-state index >= 15 is 0 Å². The fourth-order valence-electron chi connectivity index (χ4n) is 5.27. The van der Waals surface area contributed by atoms with Gasteiger partial charge in [-0.05, 0) is 83.1 Å². The van der Waals surface area contributed by atoms with Crippen LogP contribution in [0.4, 0.5) is 5.69 Å². The number of carbonyl (C=O) groups excluding carboxylic acids is 1. The number of halogens is 2. The standard InChI is InChI=1S/C36H34Cl2N4O4S/c1-36(2,3)18-19-46-30-15-8-26(9-16-30)25-6-4-24(5-7-25)20-34-39-33(31-17-10-27(37)21-32(31)38)22-41(34)28-11-13-29(14-12-28)42-23-35(43)40-47(42,44)45/h4-17,21-22H,18-20,23H2,1-3H3,(H,40,43). The van der Waals surface area contributed by atoms with Gasteiger partial charge in [-0.1, -0.05) is 80.4 Å². The molecule has 1 aromatic heterocycles. The van der Waals surface area contributed by atoms with E-state index in [1.807, 2.05) is 33.7 Å². The molecular weight excluding hydrogens is 655 g/mol. The van der Waals surface area contributed by atoms with Crippen molar-refractivity contribution in [2.24, 2.45) is 5.41 Å². The number of nitrogens with zero attached hydrogens (tertiary/aromatic N) is 3. The van der Waals surface area contributed by atoms with Gasteiger partial charge >= 0.3 is 10.2 Å². The van der Waals surface area contributed by atoms with E-state index in [9.17, 15) is 13.2 Å². The molecule has 0 atom stereocenters. The van der Waals surface area contributed by atoms with Gasteiger partial charge in [-0.15, -0.1) is 0 Å². The van der Waals surface area contributed by atoms with Crippen molar-refractivity contribution in [3.8, 4) is 33.8 Å². The van der Waals surface area contributed by atoms with Gasteiger partial charge in [0.15, 0.2) is 0 Å². The van der Waals surface area contributed by atoms with E-state index in [1.54, 1.807) is 36.4 Å². The van der Waals surface area contributed by atoms with Crippen LogP contribution in [0.2, 0.25) is 10.0 Å². The Hall–Kier alpha value is -4.31. The number of amides is 1. The van der Waals surface area contributed by atoms with Gasteiger partial charge in [0, 0.05) is 28.9 Å². The Labute approximate surface area is 285 Å². The van der Waals surface area contributed by atoms with Gasteiger partial charge in [-0.3, -0.25) is 4.79 Å². The third-order valence-corrected chi connectivity index (χ3v) is 9.80. The van der Waals surface area contributed by atoms with Gasteiger partial charge in [0.2, 0.25) is 0 Å². The number of hydrogen-bond acceptors (Lipinski definition) is 5. The summed E-state index contributed by atoms with van der Waals surface area (Å²) in [6.45, 7) is 7.04. The van der Waals surface area contributed by atoms with Crippen molar-refractivity contribution in [1.29, 1.82) is 0 Å². The van der Waals surface area contributed by atoms with Gasteiger partial charge in [-0.2, -0.15) is 8.42 Å². The molecule has 8 nitrogen and oxygen atoms in total. The normalized spacial score (nSPS) is 14.3. The van der Waals surface area contributed by atoms with Crippen LogP contribution in [-0.4, -0.2) is 37.0 Å². The second-order valence-corrected chi connectivity index (χ2v) is 15.1. The van der Waals surface area contributed by atoms with E-state index < -0.39 is 16.1 Å². The Kier molecular flexibility index (Phi) is 9.07. The highest BCUT2D eigenvalue weighted by atomic mass is 35.5. The fourth-order valence-corrected chi connectivity index (χ4v) is 6.92. The molecule has 0 saturated carbocycles. The van der Waals surface area contributed by atoms with Crippen LogP contribution in [0.5, 0.6) is 5.75 Å². The van der Waals surface area contributed by atoms with Gasteiger partial charge in [0.1, 0.15) is 18.1 Å². The maximum absolute atomic E-state index is 12.3. The lowest BCUT2D eigenvalue weighted by atomic mass is 9.93. The Morgan fingerprint density at radius 3 is 2.11 bits per heavy atom. The zero-order chi connectivity index (χ0) is 33.3. The molecule has 1 saturated heterocycles. The van der Waals surface area contributed by atoms with Crippen LogP contribution < -0.4 is 13.8 Å². The molecule has 2 heterocycles. The summed E-state index contributed by atoms with van der Waals surface area (Å²) >= 11 is 12.7. The minimum atomic E-state index is -3.91. The molecule has 1 aliphatic heterocycles. The fraction of sp³-hybridized carbons (Fsp3) is 0.222. The summed E-state index contributed by atoms with van der Waals surface area (Å²) in [5.41, 5.74) is 6.03. The van der Waals surface area contributed by atoms with Gasteiger partial charge in [-0.25, -0.2) is 14.0 Å². The van der Waals surface area contributed by atoms with Crippen LogP contribution >= 0.6 is 23.2 Å². The highest BCUT2D eigenvalue weighted by Crippen LogP contribution is 2.32. The quantitative estimate of drug-likeness (QED) is 0.169. The number of ether oxygens (including phenoxy) is 1. The molecule has 1 aliphatic rings. The van der Waals surface area contributed by atoms with Crippen LogP contribution in [0, 0.1) is 5.41 Å². The smallest absolute Gasteiger partial charge is 0.326 e. The maximum Gasteiger partial charge on any atom is 0.326 e. The molecule has 0 aliphatic carbocycles. The summed E-state index contributed by atoms with van der Waals surface area (Å²) in [5, 5.41) is 1.01. The number of carbonyl (C=O) groups is 1. The Morgan fingerprint density at radius 2 is 1.51 bits per heavy atom. The number of anilines is 1. The number of hydrogen-bond donors (Lipinski definition) is 1. The van der Waals surface area contributed by atoms with Crippen molar-refractivity contribution >= 4 is 45.0 Å². The Morgan fingerprint density at radius 1 is 0.872 bits per heavy atom. The van der Waals surface area contributed by atoms with Crippen molar-refractivity contribution in [3.05, 3.63) is 119 Å². The maximum atomic E-state index is 12.3. The van der Waals surface area contributed by atoms with E-state index in [1.165, 1.54) is 0 Å². The minimum absolute atomic E-state index is 0.229. The van der Waals surface area contributed by atoms with E-state index in [-0.39, 0.29) is 12.0 Å². The second kappa shape index (κ2) is 13.1. The van der Waals surface area contributed by atoms with E-state index in [4.69, 9.17) is 32.9 Å². The molecule has 242 valence electrons. The van der Waals surface area contributed by atoms with Gasteiger partial charge in [0.25, 0.3) is 5.91 Å². The predicted octanol–water partition coefficient (Wildman–Crippen LogP) is 8.10. The summed E-state index contributed by atoms with van der Waals surface area (Å²) in [4.78, 5) is 16.7. The topological polar surface area (TPSA) is 93.5 Å². The van der Waals surface area contributed by atoms with Crippen LogP contribution in [-0.2, 0) is 21.4 Å². The van der Waals surface area contributed by atoms with E-state index in [0.717, 1.165) is 50.2 Å². The highest BCUT2D eigenvalue weighted by molar-refractivity contribution is 7.92. The molecule has 1 fully saturated rings. The van der Waals surface area contributed by atoms with Crippen molar-refractivity contribution in [2.45, 2.75) is 33.6 Å². The average molecular weight is 690 g/mol. The lowest BCUT2D eigenvalue weighted by Crippen LogP contribution is -2.29. The zero-order valence-corrected chi connectivity index (χ0v) is 28.5. The molecule has 11 heteroatoms. The van der Waals surface area contributed by atoms with Crippen molar-refractivity contribution in [1.82, 2.24) is 14.3 Å². The number of imidazole rings is 1. The van der Waals surface area contributed by atoms with Crippen molar-refractivity contribution < 1.29 is 17.9 Å². The first-order valence-corrected chi connectivity index (χ1v) is 17.3. The molecule has 1 N–H and O–H groups in total. The summed E-state index contributed by atoms with van der Waals surface area (Å²) in [5.74, 6) is 1.05. The Balaban J connectivity index is 1.25. The lowest BCUT2D eigenvalue weighted by molar-refractivity contribution is -0.117. The number of aromatic nitrogens is 2. The summed E-state index contributed by atoms with van der Waals surface area (Å²) in [6, 6.07) is 28.7. The molecule has 4 aromatic carbocycles. The largest absolute Gasteiger partial charge is 0.494 e. The molecule has 6 rings (SSSR count). The molecule has 5 aromatic rings. The number of benzene rings is 4. The van der Waals surface area contributed by atoms with E-state index in [0.29, 0.717) is 34.5 Å². The molecule has 1 amide bonds. The predicted molar refractivity (Wildman–Crippen MR) is 188 cm³/mol. The number of nitrogens with one attached hydrogen (secondary N) is 1. The van der Waals surface area contributed by atoms with Crippen LogP contribution in [0.25, 0.3) is 28.1 Å². The first kappa shape index (κ1) is 32.6. The SMILES string of the molecule is CC(C)(C)CCOc1ccc(-c2ccc(Cc3nc(-c4ccc(Cl)cc4Cl)cn3-c3ccc(N4CC(=O)NS4(=O)=O)cc3)cc2)cc1. The molecule has 47 heavy (non-hydrogen) atoms. The molecular formula is C36H34Cl2N4O4S. The second-order valence-electron chi connectivity index (χ2n) is 12.6. The first-order chi connectivity index (χ1) is 22.3. The van der Waals surface area contributed by atoms with Crippen LogP contribution in [0.3, 0.4) is 0 Å².